The van der Waals surface area contributed by atoms with Crippen molar-refractivity contribution >= 4 is 23.2 Å². The van der Waals surface area contributed by atoms with Gasteiger partial charge in [0.1, 0.15) is 22.8 Å². The molecule has 5 heteroatoms. The van der Waals surface area contributed by atoms with Crippen molar-refractivity contribution in [3.63, 3.8) is 0 Å². The number of allylic oxidation sites excluding steroid dienone is 5. The molecule has 0 aromatic heterocycles. The van der Waals surface area contributed by atoms with Gasteiger partial charge in [0.15, 0.2) is 0 Å². The molecule has 2 amide bonds. The van der Waals surface area contributed by atoms with Gasteiger partial charge in [-0.15, -0.1) is 0 Å². The van der Waals surface area contributed by atoms with E-state index in [9.17, 15) is 9.59 Å². The molecule has 2 heterocycles. The summed E-state index contributed by atoms with van der Waals surface area (Å²) >= 11 is 0. The molecule has 0 saturated carbocycles. The Balaban J connectivity index is 2.26. The topological polar surface area (TPSA) is 49.9 Å². The van der Waals surface area contributed by atoms with E-state index in [4.69, 9.17) is 4.74 Å². The monoisotopic (exact) mass is 568 g/mol. The first-order valence-corrected chi connectivity index (χ1v) is 14.9. The number of hydrogen-bond donors (Lipinski definition) is 0. The Morgan fingerprint density at radius 3 is 1.19 bits per heavy atom. The minimum absolute atomic E-state index is 0.244. The van der Waals surface area contributed by atoms with Crippen LogP contribution in [0.5, 0.6) is 0 Å². The number of rotatable bonds is 2. The van der Waals surface area contributed by atoms with Crippen molar-refractivity contribution in [2.45, 2.75) is 96.9 Å². The summed E-state index contributed by atoms with van der Waals surface area (Å²) in [4.78, 5) is 32.9. The van der Waals surface area contributed by atoms with E-state index in [0.29, 0.717) is 5.82 Å². The lowest BCUT2D eigenvalue weighted by molar-refractivity contribution is -0.139. The van der Waals surface area contributed by atoms with Crippen LogP contribution in [0, 0.1) is 57.8 Å². The summed E-state index contributed by atoms with van der Waals surface area (Å²) < 4.78 is 6.52. The molecule has 2 aliphatic heterocycles. The van der Waals surface area contributed by atoms with E-state index >= 15 is 0 Å². The van der Waals surface area contributed by atoms with Crippen LogP contribution in [0.15, 0.2) is 59.3 Å². The van der Waals surface area contributed by atoms with E-state index < -0.39 is 5.41 Å². The number of nitrogens with zero attached hydrogens (tertiary/aromatic N) is 2. The van der Waals surface area contributed by atoms with E-state index in [1.165, 1.54) is 0 Å². The maximum absolute atomic E-state index is 14.6. The van der Waals surface area contributed by atoms with Crippen LogP contribution in [-0.4, -0.2) is 11.8 Å². The molecule has 2 aromatic carbocycles. The highest BCUT2D eigenvalue weighted by Crippen LogP contribution is 2.47. The Hall–Kier alpha value is -3.60. The highest BCUT2D eigenvalue weighted by molar-refractivity contribution is 6.23. The Bertz CT molecular complexity index is 1430. The van der Waals surface area contributed by atoms with E-state index in [2.05, 4.69) is 79.7 Å². The third-order valence-electron chi connectivity index (χ3n) is 8.15. The molecule has 0 unspecified atom stereocenters. The number of ether oxygens (including phenoxy) is 1. The fraction of sp³-hybridized carbons (Fsp3) is 0.459. The van der Waals surface area contributed by atoms with Crippen LogP contribution in [0.3, 0.4) is 0 Å². The van der Waals surface area contributed by atoms with Gasteiger partial charge in [-0.3, -0.25) is 19.4 Å². The Morgan fingerprint density at radius 1 is 0.595 bits per heavy atom. The van der Waals surface area contributed by atoms with Crippen LogP contribution in [0.4, 0.5) is 11.4 Å². The molecule has 1 fully saturated rings. The summed E-state index contributed by atoms with van der Waals surface area (Å²) in [7, 11) is 0. The molecule has 0 N–H and O–H groups in total. The fourth-order valence-electron chi connectivity index (χ4n) is 6.04. The number of aryl methyl sites for hydroxylation is 6. The number of hydrogen-bond acceptors (Lipinski definition) is 3. The van der Waals surface area contributed by atoms with Gasteiger partial charge in [-0.1, -0.05) is 76.9 Å². The third-order valence-corrected chi connectivity index (χ3v) is 8.15. The summed E-state index contributed by atoms with van der Waals surface area (Å²) in [6.07, 6.45) is 4.03. The standard InChI is InChI=1S/C37H48N2O3/c1-21-15-23(3)30(24(4)16-21)38-32(27-19-28(35(7,8)9)42-29(20-27)36(10,11)12)39(34(41)37(13,14)33(38)40)31-25(5)17-22(2)18-26(31)6/h15-20H,1-14H3. The molecule has 0 radical (unpaired) electrons. The summed E-state index contributed by atoms with van der Waals surface area (Å²) in [5.74, 6) is 1.63. The predicted octanol–water partition coefficient (Wildman–Crippen LogP) is 9.04. The molecule has 42 heavy (non-hydrogen) atoms. The van der Waals surface area contributed by atoms with Gasteiger partial charge in [0.2, 0.25) is 11.8 Å². The largest absolute Gasteiger partial charge is 0.465 e. The lowest BCUT2D eigenvalue weighted by Crippen LogP contribution is -2.60. The zero-order chi connectivity index (χ0) is 31.7. The normalized spacial score (nSPS) is 17.9. The molecule has 0 aliphatic carbocycles. The van der Waals surface area contributed by atoms with Crippen LogP contribution >= 0.6 is 0 Å². The van der Waals surface area contributed by atoms with E-state index in [1.807, 2.05) is 39.8 Å². The average molecular weight is 569 g/mol. The van der Waals surface area contributed by atoms with Gasteiger partial charge < -0.3 is 4.74 Å². The fourth-order valence-corrected chi connectivity index (χ4v) is 6.04. The van der Waals surface area contributed by atoms with Crippen LogP contribution < -0.4 is 9.80 Å². The van der Waals surface area contributed by atoms with Crippen molar-refractivity contribution < 1.29 is 14.3 Å². The molecule has 2 aromatic rings. The van der Waals surface area contributed by atoms with Crippen molar-refractivity contribution in [3.05, 3.63) is 92.7 Å². The van der Waals surface area contributed by atoms with Gasteiger partial charge in [0.05, 0.1) is 11.4 Å². The Labute approximate surface area is 252 Å². The van der Waals surface area contributed by atoms with Crippen LogP contribution in [0.1, 0.15) is 88.8 Å². The maximum atomic E-state index is 14.6. The molecule has 4 rings (SSSR count). The first kappa shape index (κ1) is 31.3. The second kappa shape index (κ2) is 10.3. The molecule has 1 saturated heterocycles. The molecule has 2 aliphatic rings. The van der Waals surface area contributed by atoms with E-state index in [0.717, 1.165) is 61.8 Å². The van der Waals surface area contributed by atoms with Crippen molar-refractivity contribution in [1.82, 2.24) is 0 Å². The van der Waals surface area contributed by atoms with Crippen molar-refractivity contribution in [2.24, 2.45) is 16.2 Å². The summed E-state index contributed by atoms with van der Waals surface area (Å²) in [5, 5.41) is 0. The Kier molecular flexibility index (Phi) is 7.68. The quantitative estimate of drug-likeness (QED) is 0.340. The maximum Gasteiger partial charge on any atom is 0.247 e. The zero-order valence-corrected chi connectivity index (χ0v) is 28.1. The van der Waals surface area contributed by atoms with Gasteiger partial charge in [-0.05, 0) is 89.8 Å². The molecule has 5 nitrogen and oxygen atoms in total. The molecule has 0 bridgehead atoms. The third kappa shape index (κ3) is 5.34. The molecule has 0 spiro atoms. The number of benzene rings is 2. The molecule has 0 atom stereocenters. The summed E-state index contributed by atoms with van der Waals surface area (Å²) in [6, 6.07) is 8.41. The number of carbonyl (C=O) groups is 2. The lowest BCUT2D eigenvalue weighted by atomic mass is 9.83. The minimum Gasteiger partial charge on any atom is -0.465 e. The second-order valence-electron chi connectivity index (χ2n) is 14.8. The first-order chi connectivity index (χ1) is 19.2. The van der Waals surface area contributed by atoms with E-state index in [-0.39, 0.29) is 22.6 Å². The predicted molar refractivity (Wildman–Crippen MR) is 173 cm³/mol. The average Bonchev–Trinajstić information content (AvgIpc) is 2.82. The van der Waals surface area contributed by atoms with Crippen LogP contribution in [0.2, 0.25) is 0 Å². The Morgan fingerprint density at radius 2 is 0.905 bits per heavy atom. The van der Waals surface area contributed by atoms with Gasteiger partial charge in [-0.25, -0.2) is 0 Å². The lowest BCUT2D eigenvalue weighted by Gasteiger charge is -2.47. The zero-order valence-electron chi connectivity index (χ0n) is 28.1. The number of carbonyl (C=O) groups excluding carboxylic acids is 2. The first-order valence-electron chi connectivity index (χ1n) is 14.9. The van der Waals surface area contributed by atoms with Crippen molar-refractivity contribution in [1.29, 1.82) is 0 Å². The van der Waals surface area contributed by atoms with Crippen molar-refractivity contribution in [3.8, 4) is 0 Å². The SMILES string of the molecule is Cc1cc(C)c(N2C(=O)C(C)(C)C(=O)N(c3c(C)cc(C)cc3C)C2=C2C=C(C(C)(C)C)OC(C(C)(C)C)=C2)c(C)c1. The summed E-state index contributed by atoms with van der Waals surface area (Å²) in [6.45, 7) is 28.5. The van der Waals surface area contributed by atoms with E-state index in [1.54, 1.807) is 23.6 Å². The number of anilines is 2. The van der Waals surface area contributed by atoms with Gasteiger partial charge >= 0.3 is 0 Å². The highest BCUT2D eigenvalue weighted by atomic mass is 16.5. The van der Waals surface area contributed by atoms with Gasteiger partial charge in [-0.2, -0.15) is 0 Å². The minimum atomic E-state index is -1.30. The smallest absolute Gasteiger partial charge is 0.247 e. The van der Waals surface area contributed by atoms with Gasteiger partial charge in [0, 0.05) is 16.4 Å². The van der Waals surface area contributed by atoms with Crippen LogP contribution in [-0.2, 0) is 14.3 Å². The number of amides is 2. The second-order valence-corrected chi connectivity index (χ2v) is 14.8. The van der Waals surface area contributed by atoms with Crippen LogP contribution in [0.25, 0.3) is 0 Å². The molecular formula is C37H48N2O3. The summed E-state index contributed by atoms with van der Waals surface area (Å²) in [5.41, 5.74) is 6.65. The molecule has 224 valence electrons. The van der Waals surface area contributed by atoms with Crippen molar-refractivity contribution in [2.75, 3.05) is 9.80 Å². The molecular weight excluding hydrogens is 520 g/mol. The van der Waals surface area contributed by atoms with Gasteiger partial charge in [0.25, 0.3) is 0 Å². The highest BCUT2D eigenvalue weighted by Gasteiger charge is 2.52.